The molecule has 0 spiro atoms. The van der Waals surface area contributed by atoms with Crippen LogP contribution in [0, 0.1) is 6.92 Å². The van der Waals surface area contributed by atoms with Crippen molar-refractivity contribution in [2.24, 2.45) is 0 Å². The Labute approximate surface area is 112 Å². The lowest BCUT2D eigenvalue weighted by Crippen LogP contribution is -2.24. The van der Waals surface area contributed by atoms with Crippen molar-refractivity contribution in [2.45, 2.75) is 13.5 Å². The number of amides is 1. The van der Waals surface area contributed by atoms with Crippen LogP contribution >= 0.6 is 0 Å². The number of ether oxygens (including phenoxy) is 1. The molecular weight excluding hydrogens is 242 g/mol. The number of hydrogen-bond acceptors (Lipinski definition) is 4. The van der Waals surface area contributed by atoms with Crippen LogP contribution < -0.4 is 10.1 Å². The molecule has 1 heterocycles. The molecule has 0 saturated heterocycles. The van der Waals surface area contributed by atoms with Crippen LogP contribution in [-0.4, -0.2) is 23.0 Å². The van der Waals surface area contributed by atoms with E-state index >= 15 is 0 Å². The summed E-state index contributed by atoms with van der Waals surface area (Å²) in [5.41, 5.74) is 1.77. The number of carbonyl (C=O) groups is 1. The average molecular weight is 259 g/mol. The monoisotopic (exact) mass is 259 g/mol. The maximum absolute atomic E-state index is 11.8. The molecule has 0 radical (unpaired) electrons. The summed E-state index contributed by atoms with van der Waals surface area (Å²) in [7, 11) is 1.52. The Morgan fingerprint density at radius 2 is 2.26 bits per heavy atom. The number of rotatable bonds is 6. The highest BCUT2D eigenvalue weighted by molar-refractivity contribution is 5.96. The van der Waals surface area contributed by atoms with E-state index in [2.05, 4.69) is 28.4 Å². The van der Waals surface area contributed by atoms with Crippen molar-refractivity contribution in [3.63, 3.8) is 0 Å². The third-order valence-corrected chi connectivity index (χ3v) is 2.32. The van der Waals surface area contributed by atoms with Gasteiger partial charge in [-0.1, -0.05) is 31.4 Å². The molecule has 0 atom stereocenters. The van der Waals surface area contributed by atoms with Crippen molar-refractivity contribution < 1.29 is 9.53 Å². The number of methoxy groups -OCH3 is 1. The number of nitrogens with one attached hydrogen (secondary N) is 1. The lowest BCUT2D eigenvalue weighted by atomic mass is 10.2. The van der Waals surface area contributed by atoms with Gasteiger partial charge < -0.3 is 10.1 Å². The van der Waals surface area contributed by atoms with Gasteiger partial charge in [0.2, 0.25) is 5.88 Å². The van der Waals surface area contributed by atoms with Gasteiger partial charge in [0.25, 0.3) is 5.91 Å². The first-order valence-electron chi connectivity index (χ1n) is 5.72. The van der Waals surface area contributed by atoms with E-state index in [9.17, 15) is 4.79 Å². The summed E-state index contributed by atoms with van der Waals surface area (Å²) in [6, 6.07) is 0. The molecule has 5 heteroatoms. The molecule has 0 fully saturated rings. The maximum Gasteiger partial charge on any atom is 0.251 e. The van der Waals surface area contributed by atoms with Crippen molar-refractivity contribution >= 4 is 5.91 Å². The number of aryl methyl sites for hydroxylation is 1. The zero-order chi connectivity index (χ0) is 14.3. The number of hydrogen-bond donors (Lipinski definition) is 1. The molecule has 0 aliphatic rings. The summed E-state index contributed by atoms with van der Waals surface area (Å²) in [6.45, 7) is 9.16. The highest BCUT2D eigenvalue weighted by atomic mass is 16.5. The molecule has 1 N–H and O–H groups in total. The largest absolute Gasteiger partial charge is 0.480 e. The second-order valence-corrected chi connectivity index (χ2v) is 3.71. The van der Waals surface area contributed by atoms with E-state index in [-0.39, 0.29) is 12.5 Å². The molecule has 1 rings (SSSR count). The predicted octanol–water partition coefficient (Wildman–Crippen LogP) is 1.71. The molecule has 100 valence electrons. The van der Waals surface area contributed by atoms with Crippen LogP contribution in [-0.2, 0) is 11.3 Å². The van der Waals surface area contributed by atoms with Gasteiger partial charge in [0.1, 0.15) is 5.69 Å². The molecule has 0 aliphatic carbocycles. The van der Waals surface area contributed by atoms with Crippen LogP contribution in [0.1, 0.15) is 11.4 Å². The predicted molar refractivity (Wildman–Crippen MR) is 73.6 cm³/mol. The van der Waals surface area contributed by atoms with Gasteiger partial charge in [-0.2, -0.15) is 0 Å². The lowest BCUT2D eigenvalue weighted by Gasteiger charge is -2.08. The number of aromatic nitrogens is 2. The summed E-state index contributed by atoms with van der Waals surface area (Å²) in [5.74, 6) is 0.160. The molecule has 0 aromatic carbocycles. The van der Waals surface area contributed by atoms with Crippen LogP contribution in [0.4, 0.5) is 0 Å². The van der Waals surface area contributed by atoms with Crippen molar-refractivity contribution in [3.8, 4) is 5.88 Å². The van der Waals surface area contributed by atoms with Crippen LogP contribution in [0.25, 0.3) is 0 Å². The normalized spacial score (nSPS) is 10.7. The highest BCUT2D eigenvalue weighted by Gasteiger charge is 2.10. The van der Waals surface area contributed by atoms with E-state index in [0.29, 0.717) is 17.1 Å². The smallest absolute Gasteiger partial charge is 0.251 e. The zero-order valence-electron chi connectivity index (χ0n) is 11.1. The van der Waals surface area contributed by atoms with E-state index in [1.54, 1.807) is 12.3 Å². The van der Waals surface area contributed by atoms with Crippen LogP contribution in [0.5, 0.6) is 5.88 Å². The van der Waals surface area contributed by atoms with Crippen molar-refractivity contribution in [2.75, 3.05) is 7.11 Å². The minimum atomic E-state index is -0.251. The third-order valence-electron chi connectivity index (χ3n) is 2.32. The quantitative estimate of drug-likeness (QED) is 0.624. The number of nitrogens with zero attached hydrogens (tertiary/aromatic N) is 2. The van der Waals surface area contributed by atoms with Crippen molar-refractivity contribution in [1.82, 2.24) is 15.3 Å². The maximum atomic E-state index is 11.8. The second-order valence-electron chi connectivity index (χ2n) is 3.71. The summed E-state index contributed by atoms with van der Waals surface area (Å²) in [6.07, 6.45) is 6.20. The van der Waals surface area contributed by atoms with E-state index in [4.69, 9.17) is 4.74 Å². The molecule has 1 amide bonds. The summed E-state index contributed by atoms with van der Waals surface area (Å²) >= 11 is 0. The summed E-state index contributed by atoms with van der Waals surface area (Å²) in [5, 5.41) is 2.72. The van der Waals surface area contributed by atoms with Gasteiger partial charge in [-0.15, -0.1) is 0 Å². The summed E-state index contributed by atoms with van der Waals surface area (Å²) < 4.78 is 5.12. The van der Waals surface area contributed by atoms with Gasteiger partial charge in [-0.25, -0.2) is 4.98 Å². The fourth-order valence-corrected chi connectivity index (χ4v) is 1.39. The first kappa shape index (κ1) is 14.6. The van der Waals surface area contributed by atoms with Gasteiger partial charge in [-0.3, -0.25) is 9.78 Å². The van der Waals surface area contributed by atoms with Gasteiger partial charge in [0.15, 0.2) is 0 Å². The Balaban J connectivity index is 2.77. The van der Waals surface area contributed by atoms with Crippen molar-refractivity contribution in [1.29, 1.82) is 0 Å². The average Bonchev–Trinajstić information content (AvgIpc) is 2.42. The minimum absolute atomic E-state index is 0.234. The minimum Gasteiger partial charge on any atom is -0.480 e. The van der Waals surface area contributed by atoms with Crippen molar-refractivity contribution in [3.05, 3.63) is 54.5 Å². The van der Waals surface area contributed by atoms with Crippen LogP contribution in [0.2, 0.25) is 0 Å². The van der Waals surface area contributed by atoms with Crippen LogP contribution in [0.3, 0.4) is 0 Å². The number of allylic oxidation sites excluding steroid dienone is 2. The highest BCUT2D eigenvalue weighted by Crippen LogP contribution is 2.12. The first-order valence-corrected chi connectivity index (χ1v) is 5.72. The van der Waals surface area contributed by atoms with E-state index < -0.39 is 0 Å². The molecule has 0 bridgehead atoms. The topological polar surface area (TPSA) is 64.1 Å². The molecule has 19 heavy (non-hydrogen) atoms. The Bertz CT molecular complexity index is 521. The Kier molecular flexibility index (Phi) is 5.47. The third kappa shape index (κ3) is 4.06. The standard InChI is InChI=1S/C14H17N3O2/c1-5-7-11(6-2)13(18)16-9-12-14(19-4)17-10(3)8-15-12/h5-8H,1-2,9H2,3-4H3,(H,16,18)/b11-7+. The summed E-state index contributed by atoms with van der Waals surface area (Å²) in [4.78, 5) is 20.2. The fraction of sp³-hybridized carbons (Fsp3) is 0.214. The van der Waals surface area contributed by atoms with Gasteiger partial charge in [0.05, 0.1) is 19.3 Å². The van der Waals surface area contributed by atoms with Gasteiger partial charge in [0, 0.05) is 11.8 Å². The van der Waals surface area contributed by atoms with E-state index in [1.807, 2.05) is 6.92 Å². The SMILES string of the molecule is C=C/C=C(\C=C)C(=O)NCc1ncc(C)nc1OC. The zero-order valence-corrected chi connectivity index (χ0v) is 11.1. The Hall–Kier alpha value is -2.43. The van der Waals surface area contributed by atoms with Gasteiger partial charge in [-0.05, 0) is 6.92 Å². The lowest BCUT2D eigenvalue weighted by molar-refractivity contribution is -0.117. The Morgan fingerprint density at radius 3 is 2.84 bits per heavy atom. The molecular formula is C14H17N3O2. The second kappa shape index (κ2) is 7.10. The first-order chi connectivity index (χ1) is 9.12. The van der Waals surface area contributed by atoms with Crippen LogP contribution in [0.15, 0.2) is 43.2 Å². The fourth-order valence-electron chi connectivity index (χ4n) is 1.39. The molecule has 1 aromatic rings. The molecule has 0 unspecified atom stereocenters. The van der Waals surface area contributed by atoms with E-state index in [0.717, 1.165) is 5.69 Å². The van der Waals surface area contributed by atoms with Gasteiger partial charge >= 0.3 is 0 Å². The Morgan fingerprint density at radius 1 is 1.53 bits per heavy atom. The molecule has 1 aromatic heterocycles. The molecule has 0 aliphatic heterocycles. The number of carbonyl (C=O) groups excluding carboxylic acids is 1. The molecule has 0 saturated carbocycles. The van der Waals surface area contributed by atoms with E-state index in [1.165, 1.54) is 19.3 Å². The molecule has 5 nitrogen and oxygen atoms in total.